The molecule has 0 aliphatic rings. The second-order valence-corrected chi connectivity index (χ2v) is 4.54. The Kier molecular flexibility index (Phi) is 4.22. The van der Waals surface area contributed by atoms with Gasteiger partial charge in [-0.1, -0.05) is 32.6 Å². The Morgan fingerprint density at radius 2 is 1.84 bits per heavy atom. The normalized spacial score (nSPS) is 11.3. The van der Waals surface area contributed by atoms with E-state index in [1.54, 1.807) is 6.20 Å². The molecule has 1 aromatic heterocycles. The number of fused-ring (bicyclic) bond motifs is 1. The number of nitrogens with zero attached hydrogens (tertiary/aromatic N) is 3. The summed E-state index contributed by atoms with van der Waals surface area (Å²) in [7, 11) is 0. The van der Waals surface area contributed by atoms with Crippen molar-refractivity contribution in [2.24, 2.45) is 0 Å². The molecule has 2 aromatic rings. The van der Waals surface area contributed by atoms with Gasteiger partial charge in [-0.25, -0.2) is 0 Å². The number of nitrogens with one attached hydrogen (secondary N) is 1. The fourth-order valence-corrected chi connectivity index (χ4v) is 2.45. The molecule has 0 aliphatic heterocycles. The summed E-state index contributed by atoms with van der Waals surface area (Å²) in [5.74, 6) is 0. The lowest BCUT2D eigenvalue weighted by atomic mass is 10.3. The van der Waals surface area contributed by atoms with Gasteiger partial charge in [0.05, 0.1) is 11.0 Å². The van der Waals surface area contributed by atoms with E-state index < -0.39 is 0 Å². The van der Waals surface area contributed by atoms with Crippen molar-refractivity contribution in [3.63, 3.8) is 0 Å². The van der Waals surface area contributed by atoms with Crippen LogP contribution in [0.3, 0.4) is 0 Å². The highest BCUT2D eigenvalue weighted by Gasteiger charge is 2.09. The number of imidazole rings is 1. The minimum atomic E-state index is 0.489. The van der Waals surface area contributed by atoms with E-state index in [-0.39, 0.29) is 0 Å². The Hall–Kier alpha value is -1.81. The van der Waals surface area contributed by atoms with Crippen LogP contribution in [-0.2, 0) is 6.54 Å². The van der Waals surface area contributed by atoms with Crippen LogP contribution in [0.5, 0.6) is 0 Å². The lowest BCUT2D eigenvalue weighted by Crippen LogP contribution is -2.31. The zero-order chi connectivity index (χ0) is 13.8. The molecule has 102 valence electrons. The molecule has 0 spiro atoms. The van der Waals surface area contributed by atoms with Crippen LogP contribution in [0.4, 0.5) is 0 Å². The number of likely N-dealkylation sites (N-methyl/N-ethyl adjacent to an activating group) is 1. The molecule has 0 unspecified atom stereocenters. The van der Waals surface area contributed by atoms with Crippen molar-refractivity contribution in [3.05, 3.63) is 36.5 Å². The summed E-state index contributed by atoms with van der Waals surface area (Å²) < 4.78 is 3.88. The molecule has 0 aliphatic carbocycles. The van der Waals surface area contributed by atoms with Crippen LogP contribution < -0.4 is 5.62 Å². The van der Waals surface area contributed by atoms with E-state index in [4.69, 9.17) is 5.41 Å². The van der Waals surface area contributed by atoms with Crippen molar-refractivity contribution in [1.29, 1.82) is 5.41 Å². The smallest absolute Gasteiger partial charge is 0.207 e. The third kappa shape index (κ3) is 2.49. The first-order valence-electron chi connectivity index (χ1n) is 6.82. The van der Waals surface area contributed by atoms with Crippen molar-refractivity contribution in [3.8, 4) is 0 Å². The predicted octanol–water partition coefficient (Wildman–Crippen LogP) is 2.36. The number of para-hydroxylation sites is 2. The fraction of sp³-hybridized carbons (Fsp3) is 0.400. The van der Waals surface area contributed by atoms with Crippen molar-refractivity contribution >= 4 is 17.2 Å². The minimum absolute atomic E-state index is 0.489. The SMILES string of the molecule is C=Cn1c(=N)n(CCN(CC)CC)c2ccccc21. The van der Waals surface area contributed by atoms with Gasteiger partial charge in [0.1, 0.15) is 0 Å². The number of benzene rings is 1. The van der Waals surface area contributed by atoms with Gasteiger partial charge in [0.25, 0.3) is 0 Å². The van der Waals surface area contributed by atoms with E-state index in [0.29, 0.717) is 5.62 Å². The standard InChI is InChI=1S/C15H22N4/c1-4-17(5-2)11-12-19-14-10-8-7-9-13(14)18(6-3)15(19)16/h6-10,16H,3-5,11-12H2,1-2H3. The van der Waals surface area contributed by atoms with Gasteiger partial charge >= 0.3 is 0 Å². The van der Waals surface area contributed by atoms with Crippen LogP contribution in [-0.4, -0.2) is 33.7 Å². The van der Waals surface area contributed by atoms with E-state index in [1.807, 2.05) is 22.8 Å². The second-order valence-electron chi connectivity index (χ2n) is 4.54. The highest BCUT2D eigenvalue weighted by atomic mass is 15.2. The first-order valence-corrected chi connectivity index (χ1v) is 6.82. The zero-order valence-electron chi connectivity index (χ0n) is 11.8. The second kappa shape index (κ2) is 5.89. The topological polar surface area (TPSA) is 37.0 Å². The molecule has 0 atom stereocenters. The summed E-state index contributed by atoms with van der Waals surface area (Å²) >= 11 is 0. The van der Waals surface area contributed by atoms with Crippen LogP contribution in [0.1, 0.15) is 13.8 Å². The lowest BCUT2D eigenvalue weighted by Gasteiger charge is -2.18. The Bertz CT molecular complexity index is 617. The van der Waals surface area contributed by atoms with Gasteiger partial charge < -0.3 is 9.47 Å². The summed E-state index contributed by atoms with van der Waals surface area (Å²) in [5, 5.41) is 8.27. The maximum atomic E-state index is 8.27. The molecule has 19 heavy (non-hydrogen) atoms. The Morgan fingerprint density at radius 3 is 2.42 bits per heavy atom. The molecule has 4 nitrogen and oxygen atoms in total. The Balaban J connectivity index is 2.40. The number of hydrogen-bond acceptors (Lipinski definition) is 2. The van der Waals surface area contributed by atoms with Crippen molar-refractivity contribution in [2.45, 2.75) is 20.4 Å². The third-order valence-electron chi connectivity index (χ3n) is 3.63. The number of hydrogen-bond donors (Lipinski definition) is 1. The van der Waals surface area contributed by atoms with Crippen LogP contribution in [0.2, 0.25) is 0 Å². The largest absolute Gasteiger partial charge is 0.309 e. The van der Waals surface area contributed by atoms with E-state index in [2.05, 4.69) is 36.0 Å². The zero-order valence-corrected chi connectivity index (χ0v) is 11.8. The molecule has 2 rings (SSSR count). The summed E-state index contributed by atoms with van der Waals surface area (Å²) in [5.41, 5.74) is 2.63. The summed E-state index contributed by atoms with van der Waals surface area (Å²) in [6.07, 6.45) is 1.71. The molecule has 0 fully saturated rings. The van der Waals surface area contributed by atoms with Gasteiger partial charge in [-0.3, -0.25) is 9.98 Å². The van der Waals surface area contributed by atoms with Crippen LogP contribution in [0, 0.1) is 5.41 Å². The summed E-state index contributed by atoms with van der Waals surface area (Å²) in [6.45, 7) is 12.0. The third-order valence-corrected chi connectivity index (χ3v) is 3.63. The van der Waals surface area contributed by atoms with E-state index in [1.165, 1.54) is 0 Å². The average Bonchev–Trinajstić information content (AvgIpc) is 2.72. The van der Waals surface area contributed by atoms with E-state index in [9.17, 15) is 0 Å². The van der Waals surface area contributed by atoms with E-state index >= 15 is 0 Å². The van der Waals surface area contributed by atoms with Crippen LogP contribution in [0.25, 0.3) is 17.2 Å². The molecule has 0 amide bonds. The van der Waals surface area contributed by atoms with E-state index in [0.717, 1.165) is 37.2 Å². The van der Waals surface area contributed by atoms with Gasteiger partial charge in [0.2, 0.25) is 5.62 Å². The molecule has 4 heteroatoms. The molecule has 1 N–H and O–H groups in total. The molecule has 0 bridgehead atoms. The summed E-state index contributed by atoms with van der Waals surface area (Å²) in [6, 6.07) is 8.11. The van der Waals surface area contributed by atoms with Crippen molar-refractivity contribution in [2.75, 3.05) is 19.6 Å². The van der Waals surface area contributed by atoms with Crippen molar-refractivity contribution in [1.82, 2.24) is 14.0 Å². The number of rotatable bonds is 6. The lowest BCUT2D eigenvalue weighted by molar-refractivity contribution is 0.290. The molecular formula is C15H22N4. The van der Waals surface area contributed by atoms with Gasteiger partial charge in [0.15, 0.2) is 0 Å². The van der Waals surface area contributed by atoms with Gasteiger partial charge in [-0.05, 0) is 25.2 Å². The molecular weight excluding hydrogens is 236 g/mol. The van der Waals surface area contributed by atoms with Gasteiger partial charge in [-0.15, -0.1) is 0 Å². The first-order chi connectivity index (χ1) is 9.22. The monoisotopic (exact) mass is 258 g/mol. The average molecular weight is 258 g/mol. The Morgan fingerprint density at radius 1 is 1.21 bits per heavy atom. The highest BCUT2D eigenvalue weighted by Crippen LogP contribution is 2.12. The van der Waals surface area contributed by atoms with Gasteiger partial charge in [-0.2, -0.15) is 0 Å². The van der Waals surface area contributed by atoms with Crippen LogP contribution >= 0.6 is 0 Å². The fourth-order valence-electron chi connectivity index (χ4n) is 2.45. The maximum absolute atomic E-state index is 8.27. The quantitative estimate of drug-likeness (QED) is 0.848. The summed E-state index contributed by atoms with van der Waals surface area (Å²) in [4.78, 5) is 2.37. The molecule has 0 saturated carbocycles. The predicted molar refractivity (Wildman–Crippen MR) is 80.0 cm³/mol. The Labute approximate surface area is 114 Å². The maximum Gasteiger partial charge on any atom is 0.207 e. The molecule has 0 saturated heterocycles. The molecule has 0 radical (unpaired) electrons. The molecule has 1 heterocycles. The van der Waals surface area contributed by atoms with Crippen molar-refractivity contribution < 1.29 is 0 Å². The first kappa shape index (κ1) is 13.6. The van der Waals surface area contributed by atoms with Gasteiger partial charge in [0, 0.05) is 19.3 Å². The van der Waals surface area contributed by atoms with Crippen LogP contribution in [0.15, 0.2) is 30.8 Å². The molecule has 1 aromatic carbocycles. The number of aromatic nitrogens is 2. The highest BCUT2D eigenvalue weighted by molar-refractivity contribution is 5.77. The minimum Gasteiger partial charge on any atom is -0.309 e.